The Balaban J connectivity index is 1.49. The van der Waals surface area contributed by atoms with Gasteiger partial charge in [0.25, 0.3) is 5.91 Å². The molecule has 7 heteroatoms. The lowest BCUT2D eigenvalue weighted by Gasteiger charge is -2.07. The van der Waals surface area contributed by atoms with E-state index in [1.807, 2.05) is 0 Å². The van der Waals surface area contributed by atoms with Gasteiger partial charge in [-0.05, 0) is 24.3 Å². The van der Waals surface area contributed by atoms with Crippen molar-refractivity contribution < 1.29 is 28.2 Å². The second kappa shape index (κ2) is 6.99. The molecule has 124 valence electrons. The molecule has 0 fully saturated rings. The molecule has 2 aromatic rings. The summed E-state index contributed by atoms with van der Waals surface area (Å²) >= 11 is 0. The fourth-order valence-corrected chi connectivity index (χ4v) is 2.12. The van der Waals surface area contributed by atoms with E-state index >= 15 is 0 Å². The van der Waals surface area contributed by atoms with Crippen molar-refractivity contribution >= 4 is 11.9 Å². The van der Waals surface area contributed by atoms with Gasteiger partial charge in [0.2, 0.25) is 6.79 Å². The molecule has 0 atom stereocenters. The van der Waals surface area contributed by atoms with E-state index in [1.165, 1.54) is 18.2 Å². The lowest BCUT2D eigenvalue weighted by molar-refractivity contribution is -0.124. The highest BCUT2D eigenvalue weighted by molar-refractivity contribution is 5.92. The number of rotatable bonds is 5. The van der Waals surface area contributed by atoms with Crippen molar-refractivity contribution in [3.8, 4) is 11.5 Å². The summed E-state index contributed by atoms with van der Waals surface area (Å²) in [4.78, 5) is 23.6. The molecular weight excluding hydrogens is 317 g/mol. The average molecular weight is 331 g/mol. The van der Waals surface area contributed by atoms with E-state index in [9.17, 15) is 14.0 Å². The lowest BCUT2D eigenvalue weighted by atomic mass is 10.2. The fourth-order valence-electron chi connectivity index (χ4n) is 2.12. The summed E-state index contributed by atoms with van der Waals surface area (Å²) in [6.45, 7) is -0.332. The van der Waals surface area contributed by atoms with Crippen LogP contribution in [-0.2, 0) is 16.1 Å². The minimum atomic E-state index is -0.658. The Morgan fingerprint density at radius 3 is 2.75 bits per heavy atom. The molecule has 0 unspecified atom stereocenters. The number of hydrogen-bond acceptors (Lipinski definition) is 5. The van der Waals surface area contributed by atoms with Crippen LogP contribution in [0, 0.1) is 5.82 Å². The van der Waals surface area contributed by atoms with Crippen LogP contribution >= 0.6 is 0 Å². The Labute approximate surface area is 137 Å². The van der Waals surface area contributed by atoms with Crippen LogP contribution < -0.4 is 14.8 Å². The average Bonchev–Trinajstić information content (AvgIpc) is 3.06. The second-order valence-corrected chi connectivity index (χ2v) is 5.01. The topological polar surface area (TPSA) is 73.9 Å². The molecule has 0 aliphatic carbocycles. The Morgan fingerprint density at radius 1 is 1.12 bits per heavy atom. The standard InChI is InChI=1S/C17H14FNO5/c18-13-4-2-1-3-12(13)8-19-16(20)9-22-17(21)11-5-6-14-15(7-11)24-10-23-14/h1-7H,8-10H2,(H,19,20). The molecule has 0 aromatic heterocycles. The molecule has 1 aliphatic rings. The Bertz CT molecular complexity index is 777. The van der Waals surface area contributed by atoms with Crippen molar-refractivity contribution in [3.05, 3.63) is 59.4 Å². The van der Waals surface area contributed by atoms with Crippen LogP contribution in [0.5, 0.6) is 11.5 Å². The molecule has 0 saturated heterocycles. The molecule has 1 aliphatic heterocycles. The Morgan fingerprint density at radius 2 is 1.92 bits per heavy atom. The van der Waals surface area contributed by atoms with Crippen molar-refractivity contribution in [3.63, 3.8) is 0 Å². The van der Waals surface area contributed by atoms with E-state index in [1.54, 1.807) is 24.3 Å². The number of fused-ring (bicyclic) bond motifs is 1. The number of hydrogen-bond donors (Lipinski definition) is 1. The zero-order valence-electron chi connectivity index (χ0n) is 12.6. The van der Waals surface area contributed by atoms with Crippen LogP contribution in [0.15, 0.2) is 42.5 Å². The van der Waals surface area contributed by atoms with E-state index < -0.39 is 24.3 Å². The first-order valence-corrected chi connectivity index (χ1v) is 7.20. The normalized spacial score (nSPS) is 11.9. The van der Waals surface area contributed by atoms with Gasteiger partial charge in [0, 0.05) is 12.1 Å². The van der Waals surface area contributed by atoms with Gasteiger partial charge in [0.15, 0.2) is 18.1 Å². The van der Waals surface area contributed by atoms with Crippen molar-refractivity contribution in [1.29, 1.82) is 0 Å². The first-order valence-electron chi connectivity index (χ1n) is 7.20. The summed E-state index contributed by atoms with van der Waals surface area (Å²) in [7, 11) is 0. The van der Waals surface area contributed by atoms with Gasteiger partial charge in [-0.2, -0.15) is 0 Å². The number of benzene rings is 2. The summed E-state index contributed by atoms with van der Waals surface area (Å²) < 4.78 is 28.7. The van der Waals surface area contributed by atoms with Crippen molar-refractivity contribution in [2.24, 2.45) is 0 Å². The predicted octanol–water partition coefficient (Wildman–Crippen LogP) is 2.03. The molecule has 2 aromatic carbocycles. The first kappa shape index (κ1) is 15.8. The van der Waals surface area contributed by atoms with E-state index in [2.05, 4.69) is 5.32 Å². The summed E-state index contributed by atoms with van der Waals surface area (Å²) in [6.07, 6.45) is 0. The molecule has 0 radical (unpaired) electrons. The van der Waals surface area contributed by atoms with E-state index in [4.69, 9.17) is 14.2 Å². The van der Waals surface area contributed by atoms with Crippen molar-refractivity contribution in [2.75, 3.05) is 13.4 Å². The number of nitrogens with one attached hydrogen (secondary N) is 1. The van der Waals surface area contributed by atoms with Crippen LogP contribution in [0.4, 0.5) is 4.39 Å². The quantitative estimate of drug-likeness (QED) is 0.849. The smallest absolute Gasteiger partial charge is 0.338 e. The molecule has 3 rings (SSSR count). The summed E-state index contributed by atoms with van der Waals surface area (Å²) in [5, 5.41) is 2.49. The third-order valence-corrected chi connectivity index (χ3v) is 3.38. The van der Waals surface area contributed by atoms with Gasteiger partial charge in [0.1, 0.15) is 5.82 Å². The monoisotopic (exact) mass is 331 g/mol. The Hall–Kier alpha value is -3.09. The minimum absolute atomic E-state index is 0.0209. The van der Waals surface area contributed by atoms with Gasteiger partial charge in [-0.1, -0.05) is 18.2 Å². The summed E-state index contributed by atoms with van der Waals surface area (Å²) in [6, 6.07) is 10.7. The maximum Gasteiger partial charge on any atom is 0.338 e. The molecular formula is C17H14FNO5. The maximum absolute atomic E-state index is 13.4. The SMILES string of the molecule is O=C(COC(=O)c1ccc2c(c1)OCO2)NCc1ccccc1F. The van der Waals surface area contributed by atoms with E-state index in [-0.39, 0.29) is 18.9 Å². The van der Waals surface area contributed by atoms with E-state index in [0.717, 1.165) is 0 Å². The third-order valence-electron chi connectivity index (χ3n) is 3.38. The molecule has 6 nitrogen and oxygen atoms in total. The van der Waals surface area contributed by atoms with Crippen LogP contribution in [-0.4, -0.2) is 25.3 Å². The molecule has 1 heterocycles. The second-order valence-electron chi connectivity index (χ2n) is 5.01. The summed E-state index contributed by atoms with van der Waals surface area (Å²) in [5.41, 5.74) is 0.606. The van der Waals surface area contributed by atoms with Gasteiger partial charge in [0.05, 0.1) is 5.56 Å². The number of carbonyl (C=O) groups excluding carboxylic acids is 2. The molecule has 0 saturated carbocycles. The molecule has 0 bridgehead atoms. The van der Waals surface area contributed by atoms with Crippen LogP contribution in [0.25, 0.3) is 0 Å². The van der Waals surface area contributed by atoms with Gasteiger partial charge in [-0.25, -0.2) is 9.18 Å². The predicted molar refractivity (Wildman–Crippen MR) is 81.1 cm³/mol. The minimum Gasteiger partial charge on any atom is -0.454 e. The third kappa shape index (κ3) is 3.62. The molecule has 1 amide bonds. The highest BCUT2D eigenvalue weighted by atomic mass is 19.1. The highest BCUT2D eigenvalue weighted by Gasteiger charge is 2.17. The van der Waals surface area contributed by atoms with E-state index in [0.29, 0.717) is 17.1 Å². The lowest BCUT2D eigenvalue weighted by Crippen LogP contribution is -2.28. The highest BCUT2D eigenvalue weighted by Crippen LogP contribution is 2.32. The number of carbonyl (C=O) groups is 2. The fraction of sp³-hybridized carbons (Fsp3) is 0.176. The number of ether oxygens (including phenoxy) is 3. The van der Waals surface area contributed by atoms with Crippen LogP contribution in [0.2, 0.25) is 0 Å². The van der Waals surface area contributed by atoms with Gasteiger partial charge >= 0.3 is 5.97 Å². The number of halogens is 1. The summed E-state index contributed by atoms with van der Waals surface area (Å²) in [5.74, 6) is -0.584. The van der Waals surface area contributed by atoms with Gasteiger partial charge in [-0.15, -0.1) is 0 Å². The Kier molecular flexibility index (Phi) is 4.60. The van der Waals surface area contributed by atoms with Crippen molar-refractivity contribution in [1.82, 2.24) is 5.32 Å². The number of esters is 1. The maximum atomic E-state index is 13.4. The first-order chi connectivity index (χ1) is 11.6. The largest absolute Gasteiger partial charge is 0.454 e. The van der Waals surface area contributed by atoms with Crippen LogP contribution in [0.3, 0.4) is 0 Å². The van der Waals surface area contributed by atoms with Gasteiger partial charge < -0.3 is 19.5 Å². The van der Waals surface area contributed by atoms with Crippen molar-refractivity contribution in [2.45, 2.75) is 6.54 Å². The zero-order chi connectivity index (χ0) is 16.9. The zero-order valence-corrected chi connectivity index (χ0v) is 12.6. The molecule has 1 N–H and O–H groups in total. The van der Waals surface area contributed by atoms with Crippen LogP contribution in [0.1, 0.15) is 15.9 Å². The molecule has 24 heavy (non-hydrogen) atoms. The van der Waals surface area contributed by atoms with Gasteiger partial charge in [-0.3, -0.25) is 4.79 Å². The number of amides is 1. The molecule has 0 spiro atoms.